The summed E-state index contributed by atoms with van der Waals surface area (Å²) in [4.78, 5) is 53.1. The number of carbonyl (C=O) groups is 4. The second kappa shape index (κ2) is 9.72. The van der Waals surface area contributed by atoms with Crippen molar-refractivity contribution in [3.05, 3.63) is 95.0 Å². The highest BCUT2D eigenvalue weighted by Crippen LogP contribution is 2.61. The van der Waals surface area contributed by atoms with E-state index in [9.17, 15) is 19.2 Å². The number of imide groups is 1. The molecule has 2 aliphatic carbocycles. The van der Waals surface area contributed by atoms with E-state index in [-0.39, 0.29) is 47.0 Å². The third-order valence-electron chi connectivity index (χ3n) is 8.05. The van der Waals surface area contributed by atoms with Gasteiger partial charge in [0.05, 0.1) is 23.1 Å². The van der Waals surface area contributed by atoms with Crippen LogP contribution in [0.25, 0.3) is 0 Å². The Morgan fingerprint density at radius 3 is 2.39 bits per heavy atom. The number of benzene rings is 3. The summed E-state index contributed by atoms with van der Waals surface area (Å²) in [6.45, 7) is -0.484. The minimum absolute atomic E-state index is 0.140. The van der Waals surface area contributed by atoms with Gasteiger partial charge in [-0.15, -0.1) is 0 Å². The number of halogens is 1. The normalized spacial score (nSPS) is 25.4. The summed E-state index contributed by atoms with van der Waals surface area (Å²) in [5.41, 5.74) is 2.26. The molecule has 0 aromatic heterocycles. The van der Waals surface area contributed by atoms with Crippen LogP contribution >= 0.6 is 11.6 Å². The topological polar surface area (TPSA) is 92.8 Å². The van der Waals surface area contributed by atoms with Crippen LogP contribution in [-0.4, -0.2) is 30.3 Å². The fraction of sp³-hybridized carbons (Fsp3) is 0.267. The van der Waals surface area contributed by atoms with Crippen molar-refractivity contribution in [3.63, 3.8) is 0 Å². The van der Waals surface area contributed by atoms with Crippen molar-refractivity contribution in [3.8, 4) is 0 Å². The summed E-state index contributed by atoms with van der Waals surface area (Å²) in [6, 6.07) is 23.0. The number of esters is 1. The summed E-state index contributed by atoms with van der Waals surface area (Å²) < 4.78 is 5.17. The Labute approximate surface area is 224 Å². The number of fused-ring (bicyclic) bond motifs is 5. The number of ether oxygens (including phenoxy) is 1. The zero-order chi connectivity index (χ0) is 26.4. The van der Waals surface area contributed by atoms with Gasteiger partial charge in [0, 0.05) is 10.7 Å². The molecule has 1 heterocycles. The largest absolute Gasteiger partial charge is 0.452 e. The van der Waals surface area contributed by atoms with E-state index < -0.39 is 18.5 Å². The molecule has 0 radical (unpaired) electrons. The predicted molar refractivity (Wildman–Crippen MR) is 142 cm³/mol. The molecule has 3 aromatic carbocycles. The molecule has 3 aliphatic rings. The van der Waals surface area contributed by atoms with Gasteiger partial charge in [-0.3, -0.25) is 19.3 Å². The van der Waals surface area contributed by atoms with E-state index in [0.717, 1.165) is 12.8 Å². The number of nitrogens with one attached hydrogen (secondary N) is 1. The van der Waals surface area contributed by atoms with Crippen molar-refractivity contribution in [1.82, 2.24) is 0 Å². The number of hydrogen-bond acceptors (Lipinski definition) is 5. The summed E-state index contributed by atoms with van der Waals surface area (Å²) >= 11 is 5.85. The number of rotatable bonds is 6. The Hall–Kier alpha value is -3.97. The Balaban J connectivity index is 1.14. The minimum atomic E-state index is -0.721. The van der Waals surface area contributed by atoms with E-state index in [0.29, 0.717) is 16.4 Å². The average Bonchev–Trinajstić information content (AvgIpc) is 3.60. The number of anilines is 2. The van der Waals surface area contributed by atoms with Crippen LogP contribution in [-0.2, 0) is 19.1 Å². The summed E-state index contributed by atoms with van der Waals surface area (Å²) in [6.07, 6.45) is 1.80. The van der Waals surface area contributed by atoms with Crippen LogP contribution in [0.2, 0.25) is 5.02 Å². The van der Waals surface area contributed by atoms with E-state index in [1.165, 1.54) is 22.6 Å². The van der Waals surface area contributed by atoms with Crippen molar-refractivity contribution in [2.75, 3.05) is 16.8 Å². The Kier molecular flexibility index (Phi) is 6.24. The molecule has 1 saturated heterocycles. The van der Waals surface area contributed by atoms with Gasteiger partial charge in [0.2, 0.25) is 11.8 Å². The van der Waals surface area contributed by atoms with E-state index >= 15 is 0 Å². The lowest BCUT2D eigenvalue weighted by atomic mass is 9.73. The van der Waals surface area contributed by atoms with E-state index in [4.69, 9.17) is 16.3 Å². The second-order valence-electron chi connectivity index (χ2n) is 10.2. The van der Waals surface area contributed by atoms with Gasteiger partial charge in [-0.05, 0) is 78.6 Å². The molecule has 0 spiro atoms. The summed E-state index contributed by atoms with van der Waals surface area (Å²) in [5, 5.41) is 3.16. The lowest BCUT2D eigenvalue weighted by Gasteiger charge is -2.28. The maximum absolute atomic E-state index is 13.6. The fourth-order valence-electron chi connectivity index (χ4n) is 6.51. The van der Waals surface area contributed by atoms with E-state index in [2.05, 4.69) is 17.4 Å². The third kappa shape index (κ3) is 4.27. The highest BCUT2D eigenvalue weighted by Gasteiger charge is 2.64. The molecule has 7 nitrogen and oxygen atoms in total. The standard InChI is InChI=1S/C30H25ClN2O5/c31-20-9-11-21(12-10-20)32-25(34)16-38-30(37)18-7-4-8-22(13-18)33-28(35)26-19-14-23(17-5-2-1-3-6-17)24(15-19)27(26)29(33)36/h1-13,19,23-24,26-27H,14-16H2,(H,32,34)/t19-,23+,24+,26+,27+/m0/s1. The van der Waals surface area contributed by atoms with Crippen LogP contribution in [0.1, 0.15) is 34.7 Å². The van der Waals surface area contributed by atoms with Crippen LogP contribution in [0.15, 0.2) is 78.9 Å². The Morgan fingerprint density at radius 2 is 1.63 bits per heavy atom. The third-order valence-corrected chi connectivity index (χ3v) is 8.30. The zero-order valence-electron chi connectivity index (χ0n) is 20.4. The van der Waals surface area contributed by atoms with Crippen LogP contribution in [0, 0.1) is 23.7 Å². The quantitative estimate of drug-likeness (QED) is 0.356. The van der Waals surface area contributed by atoms with E-state index in [1.807, 2.05) is 18.2 Å². The molecule has 192 valence electrons. The maximum Gasteiger partial charge on any atom is 0.338 e. The first-order valence-electron chi connectivity index (χ1n) is 12.7. The number of nitrogens with zero attached hydrogens (tertiary/aromatic N) is 1. The molecular weight excluding hydrogens is 504 g/mol. The Morgan fingerprint density at radius 1 is 0.895 bits per heavy atom. The van der Waals surface area contributed by atoms with Gasteiger partial charge in [-0.25, -0.2) is 4.79 Å². The SMILES string of the molecule is O=C(COC(=O)c1cccc(N2C(=O)[C@@H]3[C@@H]4C[C@@H]([C@H]3C2=O)[C@@H](c2ccccc2)C4)c1)Nc1ccc(Cl)cc1. The molecule has 5 atom stereocenters. The predicted octanol–water partition coefficient (Wildman–Crippen LogP) is 5.06. The minimum Gasteiger partial charge on any atom is -0.452 e. The molecule has 3 amide bonds. The average molecular weight is 529 g/mol. The van der Waals surface area contributed by atoms with Gasteiger partial charge in [0.15, 0.2) is 6.61 Å². The van der Waals surface area contributed by atoms with Crippen LogP contribution in [0.5, 0.6) is 0 Å². The molecule has 6 rings (SSSR count). The van der Waals surface area contributed by atoms with Crippen molar-refractivity contribution in [1.29, 1.82) is 0 Å². The first-order chi connectivity index (χ1) is 18.4. The summed E-state index contributed by atoms with van der Waals surface area (Å²) in [5.74, 6) is -1.64. The highest BCUT2D eigenvalue weighted by atomic mass is 35.5. The van der Waals surface area contributed by atoms with Crippen LogP contribution in [0.4, 0.5) is 11.4 Å². The molecule has 38 heavy (non-hydrogen) atoms. The lowest BCUT2D eigenvalue weighted by Crippen LogP contribution is -2.33. The number of amides is 3. The summed E-state index contributed by atoms with van der Waals surface area (Å²) in [7, 11) is 0. The van der Waals surface area contributed by atoms with Gasteiger partial charge in [-0.2, -0.15) is 0 Å². The highest BCUT2D eigenvalue weighted by molar-refractivity contribution is 6.30. The van der Waals surface area contributed by atoms with Crippen molar-refractivity contribution < 1.29 is 23.9 Å². The van der Waals surface area contributed by atoms with Gasteiger partial charge in [0.25, 0.3) is 5.91 Å². The van der Waals surface area contributed by atoms with Gasteiger partial charge in [-0.1, -0.05) is 48.0 Å². The molecule has 8 heteroatoms. The number of carbonyl (C=O) groups excluding carboxylic acids is 4. The molecule has 1 N–H and O–H groups in total. The lowest BCUT2D eigenvalue weighted by molar-refractivity contribution is -0.123. The number of hydrogen-bond donors (Lipinski definition) is 1. The van der Waals surface area contributed by atoms with Crippen molar-refractivity contribution >= 4 is 46.7 Å². The fourth-order valence-corrected chi connectivity index (χ4v) is 6.64. The van der Waals surface area contributed by atoms with Gasteiger partial charge >= 0.3 is 5.97 Å². The molecular formula is C30H25ClN2O5. The molecule has 3 fully saturated rings. The maximum atomic E-state index is 13.6. The second-order valence-corrected chi connectivity index (χ2v) is 10.6. The van der Waals surface area contributed by atoms with Gasteiger partial charge < -0.3 is 10.1 Å². The van der Waals surface area contributed by atoms with Gasteiger partial charge in [0.1, 0.15) is 0 Å². The Bertz CT molecular complexity index is 1420. The first kappa shape index (κ1) is 24.4. The monoisotopic (exact) mass is 528 g/mol. The van der Waals surface area contributed by atoms with E-state index in [1.54, 1.807) is 36.4 Å². The van der Waals surface area contributed by atoms with Crippen LogP contribution < -0.4 is 10.2 Å². The molecule has 2 bridgehead atoms. The molecule has 1 aliphatic heterocycles. The molecule has 3 aromatic rings. The first-order valence-corrected chi connectivity index (χ1v) is 13.0. The smallest absolute Gasteiger partial charge is 0.338 e. The molecule has 2 saturated carbocycles. The van der Waals surface area contributed by atoms with Crippen LogP contribution in [0.3, 0.4) is 0 Å². The van der Waals surface area contributed by atoms with Crippen molar-refractivity contribution in [2.24, 2.45) is 23.7 Å². The van der Waals surface area contributed by atoms with Crippen molar-refractivity contribution in [2.45, 2.75) is 18.8 Å². The molecule has 0 unspecified atom stereocenters. The zero-order valence-corrected chi connectivity index (χ0v) is 21.1.